The zero-order valence-electron chi connectivity index (χ0n) is 13.7. The van der Waals surface area contributed by atoms with E-state index in [4.69, 9.17) is 13.9 Å². The fraction of sp³-hybridized carbons (Fsp3) is 0.316. The zero-order chi connectivity index (χ0) is 16.8. The molecule has 1 amide bonds. The van der Waals surface area contributed by atoms with E-state index < -0.39 is 0 Å². The van der Waals surface area contributed by atoms with Gasteiger partial charge >= 0.3 is 0 Å². The molecule has 0 radical (unpaired) electrons. The summed E-state index contributed by atoms with van der Waals surface area (Å²) in [4.78, 5) is 14.2. The number of benzene rings is 1. The Balaban J connectivity index is 1.67. The van der Waals surface area contributed by atoms with Gasteiger partial charge < -0.3 is 18.8 Å². The molecule has 3 rings (SSSR count). The molecule has 0 fully saturated rings. The van der Waals surface area contributed by atoms with Gasteiger partial charge in [-0.15, -0.1) is 0 Å². The van der Waals surface area contributed by atoms with E-state index in [-0.39, 0.29) is 5.91 Å². The van der Waals surface area contributed by atoms with Gasteiger partial charge in [0.2, 0.25) is 5.91 Å². The summed E-state index contributed by atoms with van der Waals surface area (Å²) in [6.07, 6.45) is 5.96. The number of carbonyl (C=O) groups excluding carboxylic acids is 1. The average Bonchev–Trinajstić information content (AvgIpc) is 3.27. The second-order valence-corrected chi connectivity index (χ2v) is 5.63. The highest BCUT2D eigenvalue weighted by Gasteiger charge is 2.14. The maximum absolute atomic E-state index is 12.5. The minimum absolute atomic E-state index is 0.0693. The van der Waals surface area contributed by atoms with Gasteiger partial charge in [0, 0.05) is 26.2 Å². The number of hydrogen-bond acceptors (Lipinski definition) is 4. The van der Waals surface area contributed by atoms with Crippen LogP contribution in [0.15, 0.2) is 47.1 Å². The van der Waals surface area contributed by atoms with Crippen LogP contribution in [0.5, 0.6) is 5.75 Å². The molecule has 0 saturated carbocycles. The maximum Gasteiger partial charge on any atom is 0.247 e. The van der Waals surface area contributed by atoms with Gasteiger partial charge in [0.25, 0.3) is 0 Å². The van der Waals surface area contributed by atoms with Gasteiger partial charge in [0.15, 0.2) is 0 Å². The highest BCUT2D eigenvalue weighted by Crippen LogP contribution is 2.26. The SMILES string of the molecule is COCCN(Cc1ccco1)C(=O)/C=C/c1ccc2c(c1)CCO2. The highest BCUT2D eigenvalue weighted by molar-refractivity contribution is 5.91. The summed E-state index contributed by atoms with van der Waals surface area (Å²) in [5.41, 5.74) is 2.19. The van der Waals surface area contributed by atoms with Crippen molar-refractivity contribution in [1.82, 2.24) is 4.90 Å². The normalized spacial score (nSPS) is 13.0. The molecule has 5 heteroatoms. The number of carbonyl (C=O) groups is 1. The Bertz CT molecular complexity index is 706. The van der Waals surface area contributed by atoms with E-state index in [9.17, 15) is 4.79 Å². The molecule has 0 aliphatic carbocycles. The monoisotopic (exact) mass is 327 g/mol. The molecule has 24 heavy (non-hydrogen) atoms. The van der Waals surface area contributed by atoms with Gasteiger partial charge in [-0.3, -0.25) is 4.79 Å². The van der Waals surface area contributed by atoms with Crippen LogP contribution in [0.1, 0.15) is 16.9 Å². The lowest BCUT2D eigenvalue weighted by Gasteiger charge is -2.19. The summed E-state index contributed by atoms with van der Waals surface area (Å²) in [6.45, 7) is 2.15. The first-order valence-electron chi connectivity index (χ1n) is 8.00. The number of rotatable bonds is 7. The molecular formula is C19H21NO4. The summed E-state index contributed by atoms with van der Waals surface area (Å²) in [6, 6.07) is 9.66. The Morgan fingerprint density at radius 3 is 3.08 bits per heavy atom. The van der Waals surface area contributed by atoms with E-state index in [1.165, 1.54) is 5.56 Å². The number of ether oxygens (including phenoxy) is 2. The molecule has 1 aromatic carbocycles. The molecule has 2 aromatic rings. The number of hydrogen-bond donors (Lipinski definition) is 0. The molecule has 0 atom stereocenters. The van der Waals surface area contributed by atoms with Gasteiger partial charge in [-0.1, -0.05) is 6.07 Å². The predicted molar refractivity (Wildman–Crippen MR) is 90.7 cm³/mol. The number of methoxy groups -OCH3 is 1. The maximum atomic E-state index is 12.5. The second kappa shape index (κ2) is 7.84. The van der Waals surface area contributed by atoms with Crippen LogP contribution in [0.3, 0.4) is 0 Å². The van der Waals surface area contributed by atoms with Crippen molar-refractivity contribution in [2.24, 2.45) is 0 Å². The van der Waals surface area contributed by atoms with Crippen molar-refractivity contribution in [2.75, 3.05) is 26.9 Å². The van der Waals surface area contributed by atoms with Gasteiger partial charge in [-0.05, 0) is 41.5 Å². The van der Waals surface area contributed by atoms with Crippen LogP contribution >= 0.6 is 0 Å². The topological polar surface area (TPSA) is 51.9 Å². The number of nitrogens with zero attached hydrogens (tertiary/aromatic N) is 1. The third kappa shape index (κ3) is 4.06. The Hall–Kier alpha value is -2.53. The fourth-order valence-corrected chi connectivity index (χ4v) is 2.64. The Kier molecular flexibility index (Phi) is 5.33. The summed E-state index contributed by atoms with van der Waals surface area (Å²) in [7, 11) is 1.62. The van der Waals surface area contributed by atoms with E-state index in [0.29, 0.717) is 19.7 Å². The average molecular weight is 327 g/mol. The third-order valence-electron chi connectivity index (χ3n) is 3.94. The molecule has 1 aliphatic rings. The van der Waals surface area contributed by atoms with Crippen molar-refractivity contribution in [3.05, 3.63) is 59.6 Å². The van der Waals surface area contributed by atoms with E-state index in [0.717, 1.165) is 30.1 Å². The molecule has 0 spiro atoms. The summed E-state index contributed by atoms with van der Waals surface area (Å²) in [5, 5.41) is 0. The van der Waals surface area contributed by atoms with E-state index >= 15 is 0 Å². The van der Waals surface area contributed by atoms with Gasteiger partial charge in [0.1, 0.15) is 11.5 Å². The molecule has 1 aromatic heterocycles. The van der Waals surface area contributed by atoms with Gasteiger partial charge in [-0.2, -0.15) is 0 Å². The lowest BCUT2D eigenvalue weighted by molar-refractivity contribution is -0.127. The molecule has 0 bridgehead atoms. The zero-order valence-corrected chi connectivity index (χ0v) is 13.7. The molecule has 126 valence electrons. The molecule has 0 unspecified atom stereocenters. The van der Waals surface area contributed by atoms with Crippen LogP contribution in [0.4, 0.5) is 0 Å². The minimum Gasteiger partial charge on any atom is -0.493 e. The van der Waals surface area contributed by atoms with Crippen LogP contribution < -0.4 is 4.74 Å². The van der Waals surface area contributed by atoms with Crippen LogP contribution in [-0.2, 0) is 22.5 Å². The van der Waals surface area contributed by atoms with Crippen molar-refractivity contribution in [3.63, 3.8) is 0 Å². The third-order valence-corrected chi connectivity index (χ3v) is 3.94. The van der Waals surface area contributed by atoms with Crippen molar-refractivity contribution in [3.8, 4) is 5.75 Å². The number of amides is 1. The Morgan fingerprint density at radius 1 is 1.38 bits per heavy atom. The summed E-state index contributed by atoms with van der Waals surface area (Å²) >= 11 is 0. The standard InChI is InChI=1S/C19H21NO4/c1-22-12-9-20(14-17-3-2-10-23-17)19(21)7-5-15-4-6-18-16(13-15)8-11-24-18/h2-7,10,13H,8-9,11-12,14H2,1H3/b7-5+. The van der Waals surface area contributed by atoms with Crippen LogP contribution in [0.25, 0.3) is 6.08 Å². The molecule has 1 aliphatic heterocycles. The van der Waals surface area contributed by atoms with Crippen LogP contribution in [-0.4, -0.2) is 37.7 Å². The lowest BCUT2D eigenvalue weighted by Crippen LogP contribution is -2.31. The smallest absolute Gasteiger partial charge is 0.247 e. The summed E-state index contributed by atoms with van der Waals surface area (Å²) in [5.74, 6) is 1.63. The largest absolute Gasteiger partial charge is 0.493 e. The molecule has 2 heterocycles. The van der Waals surface area contributed by atoms with Crippen molar-refractivity contribution in [2.45, 2.75) is 13.0 Å². The molecule has 0 N–H and O–H groups in total. The van der Waals surface area contributed by atoms with Crippen LogP contribution in [0.2, 0.25) is 0 Å². The Labute approximate surface area is 141 Å². The van der Waals surface area contributed by atoms with Gasteiger partial charge in [0.05, 0.1) is 26.0 Å². The van der Waals surface area contributed by atoms with Crippen molar-refractivity contribution >= 4 is 12.0 Å². The second-order valence-electron chi connectivity index (χ2n) is 5.63. The minimum atomic E-state index is -0.0693. The molecule has 0 saturated heterocycles. The van der Waals surface area contributed by atoms with E-state index in [2.05, 4.69) is 6.07 Å². The van der Waals surface area contributed by atoms with Gasteiger partial charge in [-0.25, -0.2) is 0 Å². The predicted octanol–water partition coefficient (Wildman–Crippen LogP) is 2.90. The first kappa shape index (κ1) is 16.3. The van der Waals surface area contributed by atoms with E-state index in [1.807, 2.05) is 30.3 Å². The van der Waals surface area contributed by atoms with E-state index in [1.54, 1.807) is 24.3 Å². The number of fused-ring (bicyclic) bond motifs is 1. The first-order chi connectivity index (χ1) is 11.8. The van der Waals surface area contributed by atoms with Crippen LogP contribution in [0, 0.1) is 0 Å². The lowest BCUT2D eigenvalue weighted by atomic mass is 10.1. The first-order valence-corrected chi connectivity index (χ1v) is 8.00. The molecular weight excluding hydrogens is 306 g/mol. The Morgan fingerprint density at radius 2 is 2.29 bits per heavy atom. The fourth-order valence-electron chi connectivity index (χ4n) is 2.64. The van der Waals surface area contributed by atoms with Crippen molar-refractivity contribution < 1.29 is 18.7 Å². The number of furan rings is 1. The van der Waals surface area contributed by atoms with Crippen molar-refractivity contribution in [1.29, 1.82) is 0 Å². The highest BCUT2D eigenvalue weighted by atomic mass is 16.5. The quantitative estimate of drug-likeness (QED) is 0.734. The summed E-state index contributed by atoms with van der Waals surface area (Å²) < 4.78 is 15.9. The molecule has 5 nitrogen and oxygen atoms in total.